The van der Waals surface area contributed by atoms with Crippen LogP contribution in [-0.2, 0) is 28.2 Å². The van der Waals surface area contributed by atoms with Crippen molar-refractivity contribution < 1.29 is 40.9 Å². The first-order valence-electron chi connectivity index (χ1n) is 14.4. The first-order valence-corrected chi connectivity index (χ1v) is 14.4. The number of benzene rings is 1. The Bertz CT molecular complexity index is 763. The van der Waals surface area contributed by atoms with Crippen molar-refractivity contribution in [3.8, 4) is 0 Å². The Morgan fingerprint density at radius 2 is 1.05 bits per heavy atom. The van der Waals surface area contributed by atoms with Crippen molar-refractivity contribution in [3.05, 3.63) is 34.9 Å². The molecule has 1 N–H and O–H groups in total. The average Bonchev–Trinajstić information content (AvgIpc) is 2.79. The SMILES string of the molecule is CCCCCCCCC(CCCCCCc1cc(C(F)(F)F)cc(C(F)(F)F)c1)C(O)(OC(C)C)OC(C)C. The molecule has 0 saturated carbocycles. The molecule has 228 valence electrons. The van der Waals surface area contributed by atoms with Gasteiger partial charge in [0, 0.05) is 5.92 Å². The zero-order valence-electron chi connectivity index (χ0n) is 24.2. The molecule has 0 aliphatic carbocycles. The van der Waals surface area contributed by atoms with Crippen molar-refractivity contribution in [1.29, 1.82) is 0 Å². The topological polar surface area (TPSA) is 38.7 Å². The van der Waals surface area contributed by atoms with Gasteiger partial charge in [0.2, 0.25) is 0 Å². The molecule has 0 aliphatic rings. The molecular weight excluding hydrogens is 522 g/mol. The van der Waals surface area contributed by atoms with Crippen LogP contribution in [0.3, 0.4) is 0 Å². The molecule has 1 unspecified atom stereocenters. The lowest BCUT2D eigenvalue weighted by Gasteiger charge is -2.38. The average molecular weight is 571 g/mol. The Morgan fingerprint density at radius 1 is 0.641 bits per heavy atom. The van der Waals surface area contributed by atoms with Gasteiger partial charge in [-0.2, -0.15) is 26.3 Å². The van der Waals surface area contributed by atoms with Gasteiger partial charge in [-0.05, 0) is 77.1 Å². The smallest absolute Gasteiger partial charge is 0.343 e. The molecule has 0 amide bonds. The van der Waals surface area contributed by atoms with Gasteiger partial charge in [-0.25, -0.2) is 0 Å². The van der Waals surface area contributed by atoms with Gasteiger partial charge in [0.1, 0.15) is 0 Å². The normalized spacial score (nSPS) is 14.0. The minimum absolute atomic E-state index is 0.0307. The van der Waals surface area contributed by atoms with Crippen molar-refractivity contribution in [2.75, 3.05) is 0 Å². The molecule has 1 aromatic carbocycles. The van der Waals surface area contributed by atoms with E-state index in [1.165, 1.54) is 19.3 Å². The van der Waals surface area contributed by atoms with Crippen LogP contribution in [0, 0.1) is 5.92 Å². The highest BCUT2D eigenvalue weighted by atomic mass is 19.4. The highest BCUT2D eigenvalue weighted by molar-refractivity contribution is 5.33. The van der Waals surface area contributed by atoms with Crippen LogP contribution < -0.4 is 0 Å². The molecule has 0 aromatic heterocycles. The molecule has 3 nitrogen and oxygen atoms in total. The summed E-state index contributed by atoms with van der Waals surface area (Å²) < 4.78 is 90.4. The Kier molecular flexibility index (Phi) is 15.4. The maximum absolute atomic E-state index is 13.1. The monoisotopic (exact) mass is 570 g/mol. The van der Waals surface area contributed by atoms with Gasteiger partial charge in [0.15, 0.2) is 0 Å². The van der Waals surface area contributed by atoms with Crippen LogP contribution >= 0.6 is 0 Å². The molecule has 39 heavy (non-hydrogen) atoms. The summed E-state index contributed by atoms with van der Waals surface area (Å²) in [5.41, 5.74) is -2.53. The van der Waals surface area contributed by atoms with Gasteiger partial charge < -0.3 is 14.6 Å². The van der Waals surface area contributed by atoms with E-state index >= 15 is 0 Å². The Labute approximate surface area is 230 Å². The molecule has 0 spiro atoms. The summed E-state index contributed by atoms with van der Waals surface area (Å²) in [5.74, 6) is -1.95. The summed E-state index contributed by atoms with van der Waals surface area (Å²) in [7, 11) is 0. The highest BCUT2D eigenvalue weighted by Crippen LogP contribution is 2.37. The minimum Gasteiger partial charge on any atom is -0.343 e. The van der Waals surface area contributed by atoms with Gasteiger partial charge in [0.25, 0.3) is 5.97 Å². The summed E-state index contributed by atoms with van der Waals surface area (Å²) in [5, 5.41) is 11.4. The van der Waals surface area contributed by atoms with E-state index in [1.54, 1.807) is 0 Å². The van der Waals surface area contributed by atoms with Crippen LogP contribution in [0.1, 0.15) is 128 Å². The van der Waals surface area contributed by atoms with Gasteiger partial charge in [0.05, 0.1) is 23.3 Å². The van der Waals surface area contributed by atoms with Crippen LogP contribution in [0.5, 0.6) is 0 Å². The summed E-state index contributed by atoms with van der Waals surface area (Å²) in [6.07, 6.45) is 0.654. The van der Waals surface area contributed by atoms with E-state index < -0.39 is 29.5 Å². The number of alkyl halides is 6. The van der Waals surface area contributed by atoms with Crippen molar-refractivity contribution in [3.63, 3.8) is 0 Å². The van der Waals surface area contributed by atoms with Crippen molar-refractivity contribution >= 4 is 0 Å². The van der Waals surface area contributed by atoms with E-state index in [9.17, 15) is 31.4 Å². The number of halogens is 6. The Hall–Kier alpha value is -1.32. The maximum atomic E-state index is 13.1. The third-order valence-corrected chi connectivity index (χ3v) is 6.65. The van der Waals surface area contributed by atoms with Crippen molar-refractivity contribution in [2.45, 2.75) is 149 Å². The van der Waals surface area contributed by atoms with Gasteiger partial charge in [-0.3, -0.25) is 0 Å². The fraction of sp³-hybridized carbons (Fsp3) is 0.800. The second-order valence-electron chi connectivity index (χ2n) is 11.1. The summed E-state index contributed by atoms with van der Waals surface area (Å²) in [6.45, 7) is 9.54. The van der Waals surface area contributed by atoms with E-state index in [2.05, 4.69) is 6.92 Å². The summed E-state index contributed by atoms with van der Waals surface area (Å²) in [4.78, 5) is 0. The van der Waals surface area contributed by atoms with Crippen LogP contribution in [-0.4, -0.2) is 23.3 Å². The lowest BCUT2D eigenvalue weighted by atomic mass is 9.91. The molecule has 0 heterocycles. The standard InChI is InChI=1S/C30H48F6O3/c1-6-7-8-9-10-14-17-25(30(37,38-22(2)3)39-23(4)5)18-15-12-11-13-16-24-19-26(28(31,32)33)21-27(20-24)29(34,35)36/h19-23,25,37H,6-18H2,1-5H3. The lowest BCUT2D eigenvalue weighted by molar-refractivity contribution is -0.407. The number of rotatable bonds is 19. The lowest BCUT2D eigenvalue weighted by Crippen LogP contribution is -2.47. The third kappa shape index (κ3) is 14.2. The number of ether oxygens (including phenoxy) is 2. The number of aliphatic hydroxyl groups is 1. The first-order chi connectivity index (χ1) is 18.1. The zero-order valence-corrected chi connectivity index (χ0v) is 24.2. The highest BCUT2D eigenvalue weighted by Gasteiger charge is 2.40. The van der Waals surface area contributed by atoms with E-state index in [-0.39, 0.29) is 36.2 Å². The van der Waals surface area contributed by atoms with E-state index in [4.69, 9.17) is 9.47 Å². The molecule has 1 rings (SSSR count). The number of hydrogen-bond donors (Lipinski definition) is 1. The Balaban J connectivity index is 2.74. The van der Waals surface area contributed by atoms with Crippen molar-refractivity contribution in [1.82, 2.24) is 0 Å². The molecule has 0 fully saturated rings. The van der Waals surface area contributed by atoms with E-state index in [0.717, 1.165) is 50.7 Å². The van der Waals surface area contributed by atoms with E-state index in [1.807, 2.05) is 27.7 Å². The molecule has 1 atom stereocenters. The maximum Gasteiger partial charge on any atom is 0.416 e. The summed E-state index contributed by atoms with van der Waals surface area (Å²) in [6, 6.07) is 1.77. The molecular formula is C30H48F6O3. The van der Waals surface area contributed by atoms with Gasteiger partial charge in [-0.1, -0.05) is 64.7 Å². The number of aryl methyl sites for hydroxylation is 1. The molecule has 0 radical (unpaired) electrons. The van der Waals surface area contributed by atoms with Crippen molar-refractivity contribution in [2.24, 2.45) is 5.92 Å². The second kappa shape index (κ2) is 16.8. The molecule has 0 bridgehead atoms. The van der Waals surface area contributed by atoms with E-state index in [0.29, 0.717) is 19.3 Å². The number of hydrogen-bond acceptors (Lipinski definition) is 3. The van der Waals surface area contributed by atoms with Crippen LogP contribution in [0.25, 0.3) is 0 Å². The first kappa shape index (κ1) is 35.7. The number of unbranched alkanes of at least 4 members (excludes halogenated alkanes) is 8. The second-order valence-corrected chi connectivity index (χ2v) is 11.1. The largest absolute Gasteiger partial charge is 0.416 e. The predicted octanol–water partition coefficient (Wildman–Crippen LogP) is 10.1. The zero-order chi connectivity index (χ0) is 29.7. The third-order valence-electron chi connectivity index (χ3n) is 6.65. The molecule has 0 aliphatic heterocycles. The van der Waals surface area contributed by atoms with Gasteiger partial charge in [-0.15, -0.1) is 0 Å². The minimum atomic E-state index is -4.84. The molecule has 1 aromatic rings. The van der Waals surface area contributed by atoms with Crippen LogP contribution in [0.4, 0.5) is 26.3 Å². The van der Waals surface area contributed by atoms with Crippen LogP contribution in [0.15, 0.2) is 18.2 Å². The fourth-order valence-electron chi connectivity index (χ4n) is 4.81. The Morgan fingerprint density at radius 3 is 1.46 bits per heavy atom. The molecule has 0 saturated heterocycles. The van der Waals surface area contributed by atoms with Gasteiger partial charge >= 0.3 is 12.4 Å². The predicted molar refractivity (Wildman–Crippen MR) is 142 cm³/mol. The van der Waals surface area contributed by atoms with Crippen LogP contribution in [0.2, 0.25) is 0 Å². The summed E-state index contributed by atoms with van der Waals surface area (Å²) >= 11 is 0. The molecule has 9 heteroatoms. The fourth-order valence-corrected chi connectivity index (χ4v) is 4.81. The quantitative estimate of drug-likeness (QED) is 0.102.